The number of carboxylic acids is 1. The maximum Gasteiger partial charge on any atom is 0.339 e. The Labute approximate surface area is 170 Å². The number of carboxylic acid groups (broad SMARTS) is 1. The zero-order chi connectivity index (χ0) is 20.6. The van der Waals surface area contributed by atoms with E-state index < -0.39 is 46.0 Å². The molecule has 28 heavy (non-hydrogen) atoms. The summed E-state index contributed by atoms with van der Waals surface area (Å²) in [6.07, 6.45) is -0.125. The van der Waals surface area contributed by atoms with Gasteiger partial charge in [-0.15, -0.1) is 11.8 Å². The topological polar surface area (TPSA) is 113 Å². The SMILES string of the molecule is CC1(C)S[C@@H]2[C@H](NC(=O)Cc3ccccc3C(=O)OCCl)C(=O)N2[C@H]1C(=O)O. The molecule has 150 valence electrons. The van der Waals surface area contributed by atoms with Crippen molar-refractivity contribution in [2.24, 2.45) is 0 Å². The summed E-state index contributed by atoms with van der Waals surface area (Å²) in [5, 5.41) is 11.7. The minimum atomic E-state index is -1.06. The molecule has 0 unspecified atom stereocenters. The summed E-state index contributed by atoms with van der Waals surface area (Å²) in [7, 11) is 0. The number of hydrogen-bond donors (Lipinski definition) is 2. The van der Waals surface area contributed by atoms with Gasteiger partial charge >= 0.3 is 11.9 Å². The third-order valence-corrected chi connectivity index (χ3v) is 6.45. The molecule has 8 nitrogen and oxygen atoms in total. The Kier molecular flexibility index (Phi) is 5.58. The van der Waals surface area contributed by atoms with E-state index in [9.17, 15) is 24.3 Å². The van der Waals surface area contributed by atoms with Crippen LogP contribution in [0.4, 0.5) is 0 Å². The Morgan fingerprint density at radius 3 is 2.64 bits per heavy atom. The number of carbonyl (C=O) groups is 4. The molecule has 2 aliphatic heterocycles. The Bertz CT molecular complexity index is 845. The van der Waals surface area contributed by atoms with Crippen LogP contribution < -0.4 is 5.32 Å². The number of aliphatic carboxylic acids is 1. The predicted molar refractivity (Wildman–Crippen MR) is 102 cm³/mol. The summed E-state index contributed by atoms with van der Waals surface area (Å²) in [5.74, 6) is -2.56. The molecule has 10 heteroatoms. The van der Waals surface area contributed by atoms with Gasteiger partial charge < -0.3 is 20.1 Å². The number of β-lactam (4-membered cyclic amide) rings is 1. The lowest BCUT2D eigenvalue weighted by atomic mass is 9.96. The second-order valence-corrected chi connectivity index (χ2v) is 9.01. The fourth-order valence-corrected chi connectivity index (χ4v) is 5.27. The van der Waals surface area contributed by atoms with Gasteiger partial charge in [0.15, 0.2) is 6.07 Å². The summed E-state index contributed by atoms with van der Waals surface area (Å²) < 4.78 is 4.11. The maximum atomic E-state index is 12.5. The first-order valence-electron chi connectivity index (χ1n) is 8.50. The molecule has 2 amide bonds. The molecule has 3 rings (SSSR count). The molecular formula is C18H19ClN2O6S. The second-order valence-electron chi connectivity index (χ2n) is 7.02. The summed E-state index contributed by atoms with van der Waals surface area (Å²) in [6, 6.07) is 4.45. The van der Waals surface area contributed by atoms with Crippen molar-refractivity contribution >= 4 is 47.1 Å². The maximum absolute atomic E-state index is 12.5. The van der Waals surface area contributed by atoms with Crippen LogP contribution in [-0.2, 0) is 25.5 Å². The number of rotatable bonds is 6. The molecule has 1 aromatic rings. The summed E-state index contributed by atoms with van der Waals surface area (Å²) in [4.78, 5) is 49.7. The fraction of sp³-hybridized carbons (Fsp3) is 0.444. The Hall–Kier alpha value is -2.26. The van der Waals surface area contributed by atoms with Gasteiger partial charge in [-0.3, -0.25) is 9.59 Å². The van der Waals surface area contributed by atoms with E-state index in [4.69, 9.17) is 16.3 Å². The van der Waals surface area contributed by atoms with Crippen molar-refractivity contribution < 1.29 is 29.0 Å². The van der Waals surface area contributed by atoms with Gasteiger partial charge in [0.25, 0.3) is 0 Å². The van der Waals surface area contributed by atoms with E-state index in [0.717, 1.165) is 0 Å². The van der Waals surface area contributed by atoms with Crippen LogP contribution in [0.1, 0.15) is 29.8 Å². The molecule has 0 radical (unpaired) electrons. The van der Waals surface area contributed by atoms with Gasteiger partial charge in [0.2, 0.25) is 11.8 Å². The number of nitrogens with zero attached hydrogens (tertiary/aromatic N) is 1. The minimum Gasteiger partial charge on any atom is -0.480 e. The van der Waals surface area contributed by atoms with Crippen LogP contribution in [0.25, 0.3) is 0 Å². The molecule has 2 aliphatic rings. The number of carbonyl (C=O) groups excluding carboxylic acids is 3. The lowest BCUT2D eigenvalue weighted by Crippen LogP contribution is -2.70. The average molecular weight is 427 g/mol. The molecule has 0 aromatic heterocycles. The van der Waals surface area contributed by atoms with Gasteiger partial charge in [0.1, 0.15) is 17.5 Å². The molecule has 0 aliphatic carbocycles. The van der Waals surface area contributed by atoms with Gasteiger partial charge in [-0.05, 0) is 25.5 Å². The number of thioether (sulfide) groups is 1. The first-order chi connectivity index (χ1) is 13.2. The monoisotopic (exact) mass is 426 g/mol. The number of halogens is 1. The minimum absolute atomic E-state index is 0.125. The van der Waals surface area contributed by atoms with Crippen molar-refractivity contribution in [2.45, 2.75) is 42.5 Å². The molecule has 2 heterocycles. The Morgan fingerprint density at radius 2 is 2.00 bits per heavy atom. The number of fused-ring (bicyclic) bond motifs is 1. The summed E-state index contributed by atoms with van der Waals surface area (Å²) >= 11 is 6.77. The van der Waals surface area contributed by atoms with Crippen LogP contribution >= 0.6 is 23.4 Å². The van der Waals surface area contributed by atoms with E-state index >= 15 is 0 Å². The van der Waals surface area contributed by atoms with Gasteiger partial charge in [-0.2, -0.15) is 0 Å². The van der Waals surface area contributed by atoms with Gasteiger partial charge in [0.05, 0.1) is 12.0 Å². The van der Waals surface area contributed by atoms with Crippen LogP contribution in [0, 0.1) is 0 Å². The van der Waals surface area contributed by atoms with Crippen LogP contribution in [0.5, 0.6) is 0 Å². The Morgan fingerprint density at radius 1 is 1.32 bits per heavy atom. The second kappa shape index (κ2) is 7.63. The first-order valence-corrected chi connectivity index (χ1v) is 9.92. The smallest absolute Gasteiger partial charge is 0.339 e. The predicted octanol–water partition coefficient (Wildman–Crippen LogP) is 1.21. The molecule has 1 aromatic carbocycles. The van der Waals surface area contributed by atoms with Gasteiger partial charge in [-0.25, -0.2) is 9.59 Å². The number of ether oxygens (including phenoxy) is 1. The van der Waals surface area contributed by atoms with E-state index in [1.165, 1.54) is 22.7 Å². The molecule has 2 fully saturated rings. The quantitative estimate of drug-likeness (QED) is 0.399. The number of amides is 2. The number of alkyl halides is 1. The van der Waals surface area contributed by atoms with E-state index in [1.807, 2.05) is 0 Å². The zero-order valence-electron chi connectivity index (χ0n) is 15.2. The molecule has 2 N–H and O–H groups in total. The summed E-state index contributed by atoms with van der Waals surface area (Å²) in [5.41, 5.74) is 0.670. The van der Waals surface area contributed by atoms with E-state index in [1.54, 1.807) is 32.0 Å². The summed E-state index contributed by atoms with van der Waals surface area (Å²) in [6.45, 7) is 3.53. The lowest BCUT2D eigenvalue weighted by molar-refractivity contribution is -0.161. The van der Waals surface area contributed by atoms with Gasteiger partial charge in [-0.1, -0.05) is 29.8 Å². The number of benzene rings is 1. The largest absolute Gasteiger partial charge is 0.480 e. The zero-order valence-corrected chi connectivity index (χ0v) is 16.7. The highest BCUT2D eigenvalue weighted by Crippen LogP contribution is 2.50. The number of hydrogen-bond acceptors (Lipinski definition) is 6. The fourth-order valence-electron chi connectivity index (χ4n) is 3.54. The van der Waals surface area contributed by atoms with Crippen molar-refractivity contribution in [3.05, 3.63) is 35.4 Å². The number of esters is 1. The highest BCUT2D eigenvalue weighted by atomic mass is 35.5. The number of nitrogens with one attached hydrogen (secondary N) is 1. The highest BCUT2D eigenvalue weighted by Gasteiger charge is 2.64. The molecule has 0 spiro atoms. The van der Waals surface area contributed by atoms with E-state index in [2.05, 4.69) is 5.32 Å². The van der Waals surface area contributed by atoms with Crippen molar-refractivity contribution in [1.29, 1.82) is 0 Å². The average Bonchev–Trinajstić information content (AvgIpc) is 2.88. The van der Waals surface area contributed by atoms with Crippen molar-refractivity contribution in [1.82, 2.24) is 10.2 Å². The molecule has 3 atom stereocenters. The van der Waals surface area contributed by atoms with E-state index in [0.29, 0.717) is 5.56 Å². The third-order valence-electron chi connectivity index (χ3n) is 4.77. The molecule has 0 bridgehead atoms. The normalized spacial score (nSPS) is 24.9. The molecular weight excluding hydrogens is 408 g/mol. The highest BCUT2D eigenvalue weighted by molar-refractivity contribution is 8.01. The lowest BCUT2D eigenvalue weighted by Gasteiger charge is -2.43. The van der Waals surface area contributed by atoms with Crippen molar-refractivity contribution in [3.8, 4) is 0 Å². The van der Waals surface area contributed by atoms with Crippen LogP contribution in [-0.4, -0.2) is 62.0 Å². The van der Waals surface area contributed by atoms with E-state index in [-0.39, 0.29) is 18.1 Å². The third kappa shape index (κ3) is 3.56. The molecule has 2 saturated heterocycles. The van der Waals surface area contributed by atoms with Gasteiger partial charge in [0, 0.05) is 4.75 Å². The van der Waals surface area contributed by atoms with Crippen molar-refractivity contribution in [2.75, 3.05) is 6.07 Å². The molecule has 0 saturated carbocycles. The van der Waals surface area contributed by atoms with Crippen LogP contribution in [0.15, 0.2) is 24.3 Å². The van der Waals surface area contributed by atoms with Crippen molar-refractivity contribution in [3.63, 3.8) is 0 Å². The first kappa shape index (κ1) is 20.5. The Balaban J connectivity index is 1.69. The standard InChI is InChI=1S/C18H19ClN2O6S/c1-18(2)13(16(24)25)21-14(23)12(15(21)28-18)20-11(22)7-9-5-3-4-6-10(9)17(26)27-8-19/h3-6,12-13,15H,7-8H2,1-2H3,(H,20,22)(H,24,25)/t12-,13+,15-/m1/s1. The van der Waals surface area contributed by atoms with Crippen LogP contribution in [0.2, 0.25) is 0 Å². The van der Waals surface area contributed by atoms with Crippen LogP contribution in [0.3, 0.4) is 0 Å².